The van der Waals surface area contributed by atoms with Crippen LogP contribution in [0.25, 0.3) is 0 Å². The van der Waals surface area contributed by atoms with Crippen LogP contribution in [-0.4, -0.2) is 55.5 Å². The third-order valence-corrected chi connectivity index (χ3v) is 5.79. The Morgan fingerprint density at radius 1 is 1.14 bits per heavy atom. The summed E-state index contributed by atoms with van der Waals surface area (Å²) in [5.41, 5.74) is 0.757. The summed E-state index contributed by atoms with van der Waals surface area (Å²) in [6, 6.07) is 5.85. The fourth-order valence-electron chi connectivity index (χ4n) is 2.49. The summed E-state index contributed by atoms with van der Waals surface area (Å²) < 4.78 is 38.2. The molecule has 0 spiro atoms. The topological polar surface area (TPSA) is 57.7 Å². The zero-order valence-electron chi connectivity index (χ0n) is 12.7. The molecule has 1 aliphatic rings. The average molecular weight is 328 g/mol. The van der Waals surface area contributed by atoms with Gasteiger partial charge in [0.05, 0.1) is 12.2 Å². The second-order valence-corrected chi connectivity index (χ2v) is 7.49. The van der Waals surface area contributed by atoms with Gasteiger partial charge in [0, 0.05) is 26.2 Å². The Kier molecular flexibility index (Phi) is 5.52. The normalized spacial score (nSPS) is 16.7. The van der Waals surface area contributed by atoms with Crippen molar-refractivity contribution in [1.82, 2.24) is 9.21 Å². The zero-order valence-corrected chi connectivity index (χ0v) is 13.5. The summed E-state index contributed by atoms with van der Waals surface area (Å²) in [5.74, 6) is -0.235. The minimum Gasteiger partial charge on any atom is -0.340 e. The molecule has 0 atom stereocenters. The first-order valence-electron chi connectivity index (χ1n) is 7.42. The van der Waals surface area contributed by atoms with Gasteiger partial charge in [-0.05, 0) is 24.1 Å². The molecule has 1 aromatic rings. The lowest BCUT2D eigenvalue weighted by Crippen LogP contribution is -2.51. The molecule has 1 saturated heterocycles. The quantitative estimate of drug-likeness (QED) is 0.817. The minimum atomic E-state index is -3.19. The standard InChI is InChI=1S/C15H21FN2O3S/c1-2-11-22(20,21)18-9-7-17(8-10-18)15(19)12-13-3-5-14(16)6-4-13/h3-6H,2,7-12H2,1H3. The number of carbonyl (C=O) groups is 1. The highest BCUT2D eigenvalue weighted by atomic mass is 32.2. The van der Waals surface area contributed by atoms with E-state index in [1.54, 1.807) is 17.0 Å². The van der Waals surface area contributed by atoms with Crippen LogP contribution < -0.4 is 0 Å². The summed E-state index contributed by atoms with van der Waals surface area (Å²) in [4.78, 5) is 13.9. The van der Waals surface area contributed by atoms with E-state index in [0.29, 0.717) is 32.6 Å². The van der Waals surface area contributed by atoms with Gasteiger partial charge < -0.3 is 4.90 Å². The highest BCUT2D eigenvalue weighted by Gasteiger charge is 2.27. The molecule has 0 saturated carbocycles. The number of carbonyl (C=O) groups excluding carboxylic acids is 1. The van der Waals surface area contributed by atoms with Crippen LogP contribution in [0.15, 0.2) is 24.3 Å². The molecule has 0 unspecified atom stereocenters. The van der Waals surface area contributed by atoms with Crippen LogP contribution in [0.2, 0.25) is 0 Å². The SMILES string of the molecule is CCCS(=O)(=O)N1CCN(C(=O)Cc2ccc(F)cc2)CC1. The number of halogens is 1. The first-order chi connectivity index (χ1) is 10.4. The number of rotatable bonds is 5. The van der Waals surface area contributed by atoms with E-state index >= 15 is 0 Å². The summed E-state index contributed by atoms with van der Waals surface area (Å²) in [6.07, 6.45) is 0.800. The summed E-state index contributed by atoms with van der Waals surface area (Å²) >= 11 is 0. The van der Waals surface area contributed by atoms with Crippen LogP contribution in [0.4, 0.5) is 4.39 Å². The number of nitrogens with zero attached hydrogens (tertiary/aromatic N) is 2. The molecule has 2 rings (SSSR count). The largest absolute Gasteiger partial charge is 0.340 e. The van der Waals surface area contributed by atoms with Crippen molar-refractivity contribution in [2.45, 2.75) is 19.8 Å². The number of benzene rings is 1. The molecule has 122 valence electrons. The van der Waals surface area contributed by atoms with Crippen molar-refractivity contribution in [3.8, 4) is 0 Å². The summed E-state index contributed by atoms with van der Waals surface area (Å²) in [6.45, 7) is 3.33. The van der Waals surface area contributed by atoms with Crippen molar-refractivity contribution < 1.29 is 17.6 Å². The van der Waals surface area contributed by atoms with E-state index in [0.717, 1.165) is 5.56 Å². The molecular weight excluding hydrogens is 307 g/mol. The highest BCUT2D eigenvalue weighted by molar-refractivity contribution is 7.89. The van der Waals surface area contributed by atoms with Crippen molar-refractivity contribution in [1.29, 1.82) is 0 Å². The first kappa shape index (κ1) is 16.9. The highest BCUT2D eigenvalue weighted by Crippen LogP contribution is 2.11. The van der Waals surface area contributed by atoms with E-state index in [2.05, 4.69) is 0 Å². The van der Waals surface area contributed by atoms with Crippen LogP contribution in [-0.2, 0) is 21.2 Å². The van der Waals surface area contributed by atoms with Gasteiger partial charge in [-0.2, -0.15) is 4.31 Å². The van der Waals surface area contributed by atoms with Gasteiger partial charge in [0.25, 0.3) is 0 Å². The molecule has 1 amide bonds. The lowest BCUT2D eigenvalue weighted by molar-refractivity contribution is -0.131. The second kappa shape index (κ2) is 7.19. The number of amides is 1. The third-order valence-electron chi connectivity index (χ3n) is 3.72. The van der Waals surface area contributed by atoms with E-state index in [-0.39, 0.29) is 23.9 Å². The molecule has 0 radical (unpaired) electrons. The molecule has 0 aromatic heterocycles. The molecule has 1 heterocycles. The Labute approximate surface area is 130 Å². The minimum absolute atomic E-state index is 0.0563. The van der Waals surface area contributed by atoms with Crippen LogP contribution in [0, 0.1) is 5.82 Å². The zero-order chi connectivity index (χ0) is 16.2. The van der Waals surface area contributed by atoms with E-state index in [9.17, 15) is 17.6 Å². The smallest absolute Gasteiger partial charge is 0.227 e. The summed E-state index contributed by atoms with van der Waals surface area (Å²) in [7, 11) is -3.19. The molecule has 1 aromatic carbocycles. The van der Waals surface area contributed by atoms with E-state index in [1.807, 2.05) is 6.92 Å². The predicted molar refractivity (Wildman–Crippen MR) is 82.3 cm³/mol. The molecule has 0 N–H and O–H groups in total. The van der Waals surface area contributed by atoms with Crippen LogP contribution in [0.1, 0.15) is 18.9 Å². The monoisotopic (exact) mass is 328 g/mol. The van der Waals surface area contributed by atoms with Gasteiger partial charge in [-0.25, -0.2) is 12.8 Å². The lowest BCUT2D eigenvalue weighted by Gasteiger charge is -2.34. The average Bonchev–Trinajstić information content (AvgIpc) is 2.49. The maximum atomic E-state index is 12.8. The number of sulfonamides is 1. The van der Waals surface area contributed by atoms with Crippen molar-refractivity contribution in [3.63, 3.8) is 0 Å². The number of hydrogen-bond acceptors (Lipinski definition) is 3. The van der Waals surface area contributed by atoms with Gasteiger partial charge in [0.1, 0.15) is 5.82 Å². The molecule has 0 aliphatic carbocycles. The third kappa shape index (κ3) is 4.27. The molecule has 5 nitrogen and oxygen atoms in total. The molecule has 22 heavy (non-hydrogen) atoms. The van der Waals surface area contributed by atoms with Crippen molar-refractivity contribution >= 4 is 15.9 Å². The Hall–Kier alpha value is -1.47. The Morgan fingerprint density at radius 2 is 1.73 bits per heavy atom. The number of hydrogen-bond donors (Lipinski definition) is 0. The van der Waals surface area contributed by atoms with Gasteiger partial charge in [-0.1, -0.05) is 19.1 Å². The number of piperazine rings is 1. The van der Waals surface area contributed by atoms with E-state index in [4.69, 9.17) is 0 Å². The molecule has 1 aliphatic heterocycles. The van der Waals surface area contributed by atoms with Crippen LogP contribution in [0.5, 0.6) is 0 Å². The van der Waals surface area contributed by atoms with Crippen molar-refractivity contribution in [2.24, 2.45) is 0 Å². The Bertz CT molecular complexity index is 608. The predicted octanol–water partition coefficient (Wildman–Crippen LogP) is 1.25. The van der Waals surface area contributed by atoms with Gasteiger partial charge in [0.2, 0.25) is 15.9 Å². The summed E-state index contributed by atoms with van der Waals surface area (Å²) in [5, 5.41) is 0. The fourth-order valence-corrected chi connectivity index (χ4v) is 3.99. The van der Waals surface area contributed by atoms with Crippen LogP contribution >= 0.6 is 0 Å². The van der Waals surface area contributed by atoms with E-state index < -0.39 is 10.0 Å². The molecule has 1 fully saturated rings. The molecule has 0 bridgehead atoms. The van der Waals surface area contributed by atoms with Gasteiger partial charge in [-0.3, -0.25) is 4.79 Å². The van der Waals surface area contributed by atoms with Crippen LogP contribution in [0.3, 0.4) is 0 Å². The van der Waals surface area contributed by atoms with Gasteiger partial charge in [0.15, 0.2) is 0 Å². The van der Waals surface area contributed by atoms with E-state index in [1.165, 1.54) is 16.4 Å². The van der Waals surface area contributed by atoms with Gasteiger partial charge in [-0.15, -0.1) is 0 Å². The lowest BCUT2D eigenvalue weighted by atomic mass is 10.1. The van der Waals surface area contributed by atoms with Crippen molar-refractivity contribution in [2.75, 3.05) is 31.9 Å². The second-order valence-electron chi connectivity index (χ2n) is 5.40. The Balaban J connectivity index is 1.88. The van der Waals surface area contributed by atoms with Crippen molar-refractivity contribution in [3.05, 3.63) is 35.6 Å². The molecule has 7 heteroatoms. The van der Waals surface area contributed by atoms with Gasteiger partial charge >= 0.3 is 0 Å². The maximum Gasteiger partial charge on any atom is 0.227 e. The molecular formula is C15H21FN2O3S. The maximum absolute atomic E-state index is 12.8. The first-order valence-corrected chi connectivity index (χ1v) is 9.03. The Morgan fingerprint density at radius 3 is 2.27 bits per heavy atom. The fraction of sp³-hybridized carbons (Fsp3) is 0.533.